The van der Waals surface area contributed by atoms with E-state index in [9.17, 15) is 19.7 Å². The molecule has 0 aliphatic heterocycles. The summed E-state index contributed by atoms with van der Waals surface area (Å²) in [6.07, 6.45) is 0. The molecule has 4 aromatic rings. The Bertz CT molecular complexity index is 1300. The Kier molecular flexibility index (Phi) is 4.69. The van der Waals surface area contributed by atoms with Gasteiger partial charge >= 0.3 is 10.9 Å². The number of nitro groups is 1. The van der Waals surface area contributed by atoms with Gasteiger partial charge in [0.05, 0.1) is 9.62 Å². The average Bonchev–Trinajstić information content (AvgIpc) is 3.08. The zero-order chi connectivity index (χ0) is 20.5. The van der Waals surface area contributed by atoms with Crippen molar-refractivity contribution in [3.63, 3.8) is 0 Å². The Hall–Kier alpha value is -3.78. The van der Waals surface area contributed by atoms with E-state index < -0.39 is 15.8 Å². The highest BCUT2D eigenvalue weighted by Crippen LogP contribution is 2.35. The maximum Gasteiger partial charge on any atom is 0.396 e. The fourth-order valence-corrected chi connectivity index (χ4v) is 3.65. The van der Waals surface area contributed by atoms with E-state index >= 15 is 0 Å². The van der Waals surface area contributed by atoms with Crippen LogP contribution in [0, 0.1) is 17.0 Å². The predicted octanol–water partition coefficient (Wildman–Crippen LogP) is 4.96. The summed E-state index contributed by atoms with van der Waals surface area (Å²) in [6.45, 7) is 1.95. The number of para-hydroxylation sites is 1. The second-order valence-electron chi connectivity index (χ2n) is 6.28. The molecule has 4 rings (SSSR count). The summed E-state index contributed by atoms with van der Waals surface area (Å²) in [5.41, 5.74) is 2.34. The van der Waals surface area contributed by atoms with E-state index in [1.54, 1.807) is 6.07 Å². The zero-order valence-corrected chi connectivity index (χ0v) is 15.9. The van der Waals surface area contributed by atoms with Crippen molar-refractivity contribution in [2.75, 3.05) is 0 Å². The first kappa shape index (κ1) is 18.6. The number of ether oxygens (including phenoxy) is 1. The second-order valence-corrected chi connectivity index (χ2v) is 7.26. The van der Waals surface area contributed by atoms with Crippen molar-refractivity contribution in [3.8, 4) is 16.9 Å². The molecular formula is C21H13NO6S. The Morgan fingerprint density at radius 2 is 1.83 bits per heavy atom. The SMILES string of the molecule is Cc1ccc(-c2cc(OC(=O)c3ccccc3[N+](=O)[O-])cc3sc(=O)oc23)cc1. The molecule has 0 fully saturated rings. The highest BCUT2D eigenvalue weighted by atomic mass is 32.1. The lowest BCUT2D eigenvalue weighted by Gasteiger charge is -2.08. The number of benzene rings is 3. The van der Waals surface area contributed by atoms with Crippen molar-refractivity contribution < 1.29 is 18.9 Å². The minimum absolute atomic E-state index is 0.158. The molecule has 1 heterocycles. The lowest BCUT2D eigenvalue weighted by atomic mass is 10.0. The first-order valence-corrected chi connectivity index (χ1v) is 9.34. The van der Waals surface area contributed by atoms with Gasteiger partial charge in [0.25, 0.3) is 5.69 Å². The Morgan fingerprint density at radius 1 is 1.10 bits per heavy atom. The van der Waals surface area contributed by atoms with E-state index in [1.165, 1.54) is 30.3 Å². The van der Waals surface area contributed by atoms with Crippen molar-refractivity contribution in [1.82, 2.24) is 0 Å². The molecule has 0 N–H and O–H groups in total. The molecule has 0 unspecified atom stereocenters. The largest absolute Gasteiger partial charge is 0.423 e. The van der Waals surface area contributed by atoms with Crippen LogP contribution in [-0.4, -0.2) is 10.9 Å². The number of carbonyl (C=O) groups is 1. The van der Waals surface area contributed by atoms with Crippen LogP contribution in [0.4, 0.5) is 5.69 Å². The van der Waals surface area contributed by atoms with Gasteiger partial charge in [-0.2, -0.15) is 0 Å². The van der Waals surface area contributed by atoms with Gasteiger partial charge in [-0.05, 0) is 24.6 Å². The standard InChI is InChI=1S/C21H13NO6S/c1-12-6-8-13(9-7-12)16-10-14(11-18-19(16)28-21(24)29-18)27-20(23)15-4-2-3-5-17(15)22(25)26/h2-11H,1H3. The van der Waals surface area contributed by atoms with E-state index in [2.05, 4.69) is 0 Å². The fourth-order valence-electron chi connectivity index (χ4n) is 2.93. The Labute approximate surface area is 167 Å². The minimum Gasteiger partial charge on any atom is -0.423 e. The molecule has 0 aliphatic carbocycles. The third-order valence-electron chi connectivity index (χ3n) is 4.30. The molecule has 0 saturated carbocycles. The smallest absolute Gasteiger partial charge is 0.396 e. The quantitative estimate of drug-likeness (QED) is 0.205. The predicted molar refractivity (Wildman–Crippen MR) is 109 cm³/mol. The van der Waals surface area contributed by atoms with Gasteiger partial charge in [0.15, 0.2) is 5.58 Å². The van der Waals surface area contributed by atoms with E-state index in [0.29, 0.717) is 15.8 Å². The van der Waals surface area contributed by atoms with Gasteiger partial charge in [0.2, 0.25) is 0 Å². The number of hydrogen-bond donors (Lipinski definition) is 0. The number of fused-ring (bicyclic) bond motifs is 1. The van der Waals surface area contributed by atoms with Crippen molar-refractivity contribution in [3.05, 3.63) is 91.6 Å². The summed E-state index contributed by atoms with van der Waals surface area (Å²) in [6, 6.07) is 16.2. The molecule has 29 heavy (non-hydrogen) atoms. The van der Waals surface area contributed by atoms with Crippen LogP contribution in [0.15, 0.2) is 69.9 Å². The van der Waals surface area contributed by atoms with Gasteiger partial charge in [-0.1, -0.05) is 53.3 Å². The first-order chi connectivity index (χ1) is 13.9. The number of nitro benzene ring substituents is 1. The van der Waals surface area contributed by atoms with Gasteiger partial charge in [-0.15, -0.1) is 0 Å². The molecule has 0 aliphatic rings. The van der Waals surface area contributed by atoms with Crippen LogP contribution in [0.3, 0.4) is 0 Å². The zero-order valence-electron chi connectivity index (χ0n) is 15.1. The molecule has 0 bridgehead atoms. The van der Waals surface area contributed by atoms with Crippen LogP contribution in [-0.2, 0) is 0 Å². The Balaban J connectivity index is 1.79. The summed E-state index contributed by atoms with van der Waals surface area (Å²) in [5, 5.41) is 11.2. The topological polar surface area (TPSA) is 99.6 Å². The first-order valence-electron chi connectivity index (χ1n) is 8.53. The summed E-state index contributed by atoms with van der Waals surface area (Å²) >= 11 is 0.887. The molecule has 144 valence electrons. The molecule has 0 saturated heterocycles. The molecule has 1 aromatic heterocycles. The monoisotopic (exact) mass is 407 g/mol. The summed E-state index contributed by atoms with van der Waals surface area (Å²) in [4.78, 5) is 34.4. The average molecular weight is 407 g/mol. The van der Waals surface area contributed by atoms with Gasteiger partial charge in [-0.25, -0.2) is 9.59 Å². The molecule has 3 aromatic carbocycles. The van der Waals surface area contributed by atoms with Crippen molar-refractivity contribution >= 4 is 33.3 Å². The highest BCUT2D eigenvalue weighted by molar-refractivity contribution is 7.16. The van der Waals surface area contributed by atoms with Crippen LogP contribution in [0.1, 0.15) is 15.9 Å². The molecule has 7 nitrogen and oxygen atoms in total. The van der Waals surface area contributed by atoms with Gasteiger partial charge in [-0.3, -0.25) is 10.1 Å². The highest BCUT2D eigenvalue weighted by Gasteiger charge is 2.22. The molecule has 0 atom stereocenters. The van der Waals surface area contributed by atoms with Crippen LogP contribution in [0.5, 0.6) is 5.75 Å². The lowest BCUT2D eigenvalue weighted by molar-refractivity contribution is -0.385. The van der Waals surface area contributed by atoms with Crippen LogP contribution in [0.25, 0.3) is 21.4 Å². The lowest BCUT2D eigenvalue weighted by Crippen LogP contribution is -2.11. The van der Waals surface area contributed by atoms with Gasteiger partial charge in [0.1, 0.15) is 11.3 Å². The number of esters is 1. The summed E-state index contributed by atoms with van der Waals surface area (Å²) in [7, 11) is 0. The molecular weight excluding hydrogens is 394 g/mol. The fraction of sp³-hybridized carbons (Fsp3) is 0.0476. The van der Waals surface area contributed by atoms with Crippen LogP contribution < -0.4 is 9.68 Å². The number of rotatable bonds is 4. The maximum atomic E-state index is 12.6. The van der Waals surface area contributed by atoms with E-state index in [1.807, 2.05) is 31.2 Å². The molecule has 0 amide bonds. The van der Waals surface area contributed by atoms with E-state index in [4.69, 9.17) is 9.15 Å². The maximum absolute atomic E-state index is 12.6. The van der Waals surface area contributed by atoms with Crippen molar-refractivity contribution in [1.29, 1.82) is 0 Å². The number of carbonyl (C=O) groups excluding carboxylic acids is 1. The van der Waals surface area contributed by atoms with Crippen molar-refractivity contribution in [2.45, 2.75) is 6.92 Å². The minimum atomic E-state index is -0.859. The van der Waals surface area contributed by atoms with Crippen LogP contribution >= 0.6 is 11.3 Å². The number of aryl methyl sites for hydroxylation is 1. The normalized spacial score (nSPS) is 10.8. The molecule has 0 spiro atoms. The van der Waals surface area contributed by atoms with Gasteiger partial charge < -0.3 is 9.15 Å². The third kappa shape index (κ3) is 3.65. The van der Waals surface area contributed by atoms with E-state index in [0.717, 1.165) is 22.5 Å². The van der Waals surface area contributed by atoms with Gasteiger partial charge in [0, 0.05) is 17.7 Å². The number of nitrogens with zero attached hydrogens (tertiary/aromatic N) is 1. The van der Waals surface area contributed by atoms with Crippen molar-refractivity contribution in [2.24, 2.45) is 0 Å². The second kappa shape index (κ2) is 7.33. The molecule has 8 heteroatoms. The van der Waals surface area contributed by atoms with Crippen LogP contribution in [0.2, 0.25) is 0 Å². The van der Waals surface area contributed by atoms with E-state index in [-0.39, 0.29) is 17.0 Å². The number of hydrogen-bond acceptors (Lipinski definition) is 7. The Morgan fingerprint density at radius 3 is 2.55 bits per heavy atom. The third-order valence-corrected chi connectivity index (χ3v) is 5.07. The summed E-state index contributed by atoms with van der Waals surface area (Å²) in [5.74, 6) is -0.698. The summed E-state index contributed by atoms with van der Waals surface area (Å²) < 4.78 is 11.2. The molecule has 0 radical (unpaired) electrons.